The number of aryl methyl sites for hydroxylation is 2. The molecule has 0 saturated heterocycles. The molecule has 0 spiro atoms. The summed E-state index contributed by atoms with van der Waals surface area (Å²) in [5.41, 5.74) is 7.39. The summed E-state index contributed by atoms with van der Waals surface area (Å²) in [4.78, 5) is 14.9. The first-order valence-electron chi connectivity index (χ1n) is 8.42. The Labute approximate surface area is 160 Å². The molecule has 2 aromatic rings. The van der Waals surface area contributed by atoms with Crippen molar-refractivity contribution in [1.29, 1.82) is 0 Å². The summed E-state index contributed by atoms with van der Waals surface area (Å²) in [5.74, 6) is 2.97. The van der Waals surface area contributed by atoms with Gasteiger partial charge in [0, 0.05) is 11.4 Å². The van der Waals surface area contributed by atoms with E-state index in [2.05, 4.69) is 27.5 Å². The van der Waals surface area contributed by atoms with Crippen molar-refractivity contribution >= 4 is 17.2 Å². The Kier molecular flexibility index (Phi) is 4.64. The predicted octanol–water partition coefficient (Wildman–Crippen LogP) is 3.35. The molecule has 27 heavy (non-hydrogen) atoms. The fourth-order valence-electron chi connectivity index (χ4n) is 2.91. The highest BCUT2D eigenvalue weighted by molar-refractivity contribution is 7.09. The number of nitrogens with zero attached hydrogens (tertiary/aromatic N) is 4. The molecule has 2 N–H and O–H groups in total. The molecule has 0 saturated carbocycles. The number of methoxy groups -OCH3 is 2. The average Bonchev–Trinajstić information content (AvgIpc) is 3.37. The van der Waals surface area contributed by atoms with Gasteiger partial charge in [-0.05, 0) is 36.1 Å². The van der Waals surface area contributed by atoms with E-state index in [9.17, 15) is 0 Å². The SMILES string of the molecule is COc1ccc(OC)c(-c2nc3c(N)ncn(CCc4cccs4)c-3n2)c1. The normalized spacial score (nSPS) is 11.0. The molecule has 8 heteroatoms. The van der Waals surface area contributed by atoms with Gasteiger partial charge in [-0.25, -0.2) is 15.0 Å². The number of hydrogen-bond acceptors (Lipinski definition) is 7. The van der Waals surface area contributed by atoms with Crippen molar-refractivity contribution < 1.29 is 9.47 Å². The third-order valence-electron chi connectivity index (χ3n) is 4.32. The van der Waals surface area contributed by atoms with E-state index in [4.69, 9.17) is 20.2 Å². The Morgan fingerprint density at radius 3 is 2.78 bits per heavy atom. The van der Waals surface area contributed by atoms with Crippen molar-refractivity contribution in [2.75, 3.05) is 20.0 Å². The molecule has 1 aromatic heterocycles. The fraction of sp³-hybridized carbons (Fsp3) is 0.211. The number of nitrogens with two attached hydrogens (primary N) is 1. The van der Waals surface area contributed by atoms with Crippen LogP contribution in [0.25, 0.3) is 22.9 Å². The van der Waals surface area contributed by atoms with Gasteiger partial charge in [-0.15, -0.1) is 11.3 Å². The van der Waals surface area contributed by atoms with E-state index < -0.39 is 0 Å². The number of imidazole rings is 1. The Morgan fingerprint density at radius 1 is 1.15 bits per heavy atom. The predicted molar refractivity (Wildman–Crippen MR) is 105 cm³/mol. The maximum atomic E-state index is 6.05. The summed E-state index contributed by atoms with van der Waals surface area (Å²) >= 11 is 1.74. The zero-order valence-corrected chi connectivity index (χ0v) is 15.9. The van der Waals surface area contributed by atoms with Gasteiger partial charge in [-0.3, -0.25) is 0 Å². The van der Waals surface area contributed by atoms with Gasteiger partial charge < -0.3 is 19.8 Å². The van der Waals surface area contributed by atoms with Crippen LogP contribution >= 0.6 is 11.3 Å². The molecule has 0 bridgehead atoms. The van der Waals surface area contributed by atoms with Crippen molar-refractivity contribution in [3.8, 4) is 34.4 Å². The number of benzene rings is 1. The zero-order valence-electron chi connectivity index (χ0n) is 15.0. The minimum absolute atomic E-state index is 0.359. The van der Waals surface area contributed by atoms with E-state index in [1.54, 1.807) is 31.9 Å². The molecule has 0 amide bonds. The van der Waals surface area contributed by atoms with Crippen LogP contribution in [0.2, 0.25) is 0 Å². The summed E-state index contributed by atoms with van der Waals surface area (Å²) in [6, 6.07) is 9.70. The largest absolute Gasteiger partial charge is 0.497 e. The molecule has 2 aliphatic heterocycles. The summed E-state index contributed by atoms with van der Waals surface area (Å²) < 4.78 is 12.8. The molecule has 0 radical (unpaired) electrons. The highest BCUT2D eigenvalue weighted by Gasteiger charge is 2.21. The molecule has 0 aliphatic carbocycles. The Bertz CT molecular complexity index is 1030. The second-order valence-electron chi connectivity index (χ2n) is 5.94. The molecule has 3 heterocycles. The number of thiophene rings is 1. The molecule has 7 nitrogen and oxygen atoms in total. The molecule has 138 valence electrons. The molecule has 0 unspecified atom stereocenters. The maximum absolute atomic E-state index is 6.05. The van der Waals surface area contributed by atoms with Gasteiger partial charge in [0.25, 0.3) is 0 Å². The summed E-state index contributed by atoms with van der Waals surface area (Å²) in [7, 11) is 3.24. The van der Waals surface area contributed by atoms with E-state index >= 15 is 0 Å². The summed E-state index contributed by atoms with van der Waals surface area (Å²) in [6.07, 6.45) is 2.61. The van der Waals surface area contributed by atoms with Gasteiger partial charge in [0.2, 0.25) is 0 Å². The van der Waals surface area contributed by atoms with Crippen LogP contribution in [0.5, 0.6) is 11.5 Å². The molecule has 0 atom stereocenters. The van der Waals surface area contributed by atoms with Gasteiger partial charge >= 0.3 is 0 Å². The number of hydrogen-bond donors (Lipinski definition) is 1. The highest BCUT2D eigenvalue weighted by atomic mass is 32.1. The van der Waals surface area contributed by atoms with Gasteiger partial charge in [0.05, 0.1) is 26.1 Å². The lowest BCUT2D eigenvalue weighted by atomic mass is 10.2. The van der Waals surface area contributed by atoms with E-state index in [-0.39, 0.29) is 0 Å². The number of anilines is 1. The first kappa shape index (κ1) is 17.3. The maximum Gasteiger partial charge on any atom is 0.166 e. The number of ether oxygens (including phenoxy) is 2. The first-order chi connectivity index (χ1) is 13.2. The van der Waals surface area contributed by atoms with Crippen LogP contribution in [0.4, 0.5) is 5.82 Å². The van der Waals surface area contributed by atoms with Gasteiger partial charge in [-0.1, -0.05) is 6.07 Å². The number of nitrogen functional groups attached to an aromatic ring is 1. The lowest BCUT2D eigenvalue weighted by Crippen LogP contribution is -2.09. The lowest BCUT2D eigenvalue weighted by Gasteiger charge is -2.10. The number of rotatable bonds is 6. The minimum Gasteiger partial charge on any atom is -0.497 e. The van der Waals surface area contributed by atoms with E-state index in [1.807, 2.05) is 22.8 Å². The Balaban J connectivity index is 1.76. The number of fused-ring (bicyclic) bond motifs is 1. The standard InChI is InChI=1S/C19H19N5O2S/c1-25-12-5-6-15(26-2)14(10-12)18-22-16-17(20)21-11-24(19(16)23-18)8-7-13-4-3-9-27-13/h3-6,9-11H,7-8,20H2,1-2H3. The fourth-order valence-corrected chi connectivity index (χ4v) is 3.61. The van der Waals surface area contributed by atoms with E-state index in [0.29, 0.717) is 34.7 Å². The molecule has 2 aliphatic rings. The van der Waals surface area contributed by atoms with E-state index in [0.717, 1.165) is 18.5 Å². The van der Waals surface area contributed by atoms with Crippen LogP contribution in [-0.2, 0) is 13.0 Å². The third kappa shape index (κ3) is 3.31. The monoisotopic (exact) mass is 381 g/mol. The second kappa shape index (κ2) is 7.24. The van der Waals surface area contributed by atoms with Gasteiger partial charge in [0.1, 0.15) is 11.5 Å². The van der Waals surface area contributed by atoms with E-state index in [1.165, 1.54) is 4.88 Å². The van der Waals surface area contributed by atoms with Crippen LogP contribution in [0, 0.1) is 0 Å². The molecule has 1 aromatic carbocycles. The summed E-state index contributed by atoms with van der Waals surface area (Å²) in [5, 5.41) is 2.08. The lowest BCUT2D eigenvalue weighted by molar-refractivity contribution is 0.404. The van der Waals surface area contributed by atoms with Crippen molar-refractivity contribution in [3.63, 3.8) is 0 Å². The van der Waals surface area contributed by atoms with Crippen LogP contribution in [-0.4, -0.2) is 33.7 Å². The van der Waals surface area contributed by atoms with Crippen molar-refractivity contribution in [2.45, 2.75) is 13.0 Å². The van der Waals surface area contributed by atoms with Crippen molar-refractivity contribution in [2.24, 2.45) is 0 Å². The van der Waals surface area contributed by atoms with Crippen molar-refractivity contribution in [3.05, 3.63) is 46.9 Å². The average molecular weight is 381 g/mol. The molecule has 4 rings (SSSR count). The minimum atomic E-state index is 0.359. The first-order valence-corrected chi connectivity index (χ1v) is 9.30. The van der Waals surface area contributed by atoms with Crippen LogP contribution in [0.15, 0.2) is 42.0 Å². The van der Waals surface area contributed by atoms with Crippen molar-refractivity contribution in [1.82, 2.24) is 19.5 Å². The van der Waals surface area contributed by atoms with Gasteiger partial charge in [-0.2, -0.15) is 0 Å². The van der Waals surface area contributed by atoms with Crippen LogP contribution in [0.3, 0.4) is 0 Å². The summed E-state index contributed by atoms with van der Waals surface area (Å²) in [6.45, 7) is 0.748. The smallest absolute Gasteiger partial charge is 0.166 e. The molecule has 0 fully saturated rings. The number of aromatic nitrogens is 4. The Morgan fingerprint density at radius 2 is 2.04 bits per heavy atom. The van der Waals surface area contributed by atoms with Crippen LogP contribution < -0.4 is 15.2 Å². The zero-order chi connectivity index (χ0) is 18.8. The second-order valence-corrected chi connectivity index (χ2v) is 6.97. The Hall–Kier alpha value is -3.13. The van der Waals surface area contributed by atoms with Crippen LogP contribution in [0.1, 0.15) is 4.88 Å². The third-order valence-corrected chi connectivity index (χ3v) is 5.26. The molecular formula is C19H19N5O2S. The topological polar surface area (TPSA) is 88.1 Å². The quantitative estimate of drug-likeness (QED) is 0.551. The molecular weight excluding hydrogens is 362 g/mol. The van der Waals surface area contributed by atoms with Gasteiger partial charge in [0.15, 0.2) is 23.2 Å². The highest BCUT2D eigenvalue weighted by Crippen LogP contribution is 2.35.